The minimum Gasteiger partial charge on any atom is -0.496 e. The molecule has 1 atom stereocenters. The molecule has 1 aromatic carbocycles. The molecule has 0 radical (unpaired) electrons. The van der Waals surface area contributed by atoms with Crippen molar-refractivity contribution in [3.63, 3.8) is 0 Å². The zero-order valence-corrected chi connectivity index (χ0v) is 18.2. The molecule has 4 rings (SSSR count). The maximum atomic E-state index is 13.1. The van der Waals surface area contributed by atoms with Crippen LogP contribution in [0.25, 0.3) is 0 Å². The van der Waals surface area contributed by atoms with E-state index in [-0.39, 0.29) is 11.9 Å². The van der Waals surface area contributed by atoms with Gasteiger partial charge in [-0.3, -0.25) is 9.69 Å². The Bertz CT molecular complexity index is 713. The van der Waals surface area contributed by atoms with Crippen LogP contribution >= 0.6 is 0 Å². The molecule has 2 aliphatic carbocycles. The molecule has 160 valence electrons. The van der Waals surface area contributed by atoms with Crippen molar-refractivity contribution in [2.24, 2.45) is 11.8 Å². The fourth-order valence-electron chi connectivity index (χ4n) is 6.10. The number of likely N-dealkylation sites (tertiary alicyclic amines) is 1. The molecule has 29 heavy (non-hydrogen) atoms. The van der Waals surface area contributed by atoms with Gasteiger partial charge in [-0.2, -0.15) is 0 Å². The molecule has 1 N–H and O–H groups in total. The lowest BCUT2D eigenvalue weighted by molar-refractivity contribution is 0.0346. The van der Waals surface area contributed by atoms with E-state index in [1.165, 1.54) is 38.5 Å². The van der Waals surface area contributed by atoms with E-state index in [2.05, 4.69) is 17.1 Å². The number of carbonyl (C=O) groups excluding carboxylic acids is 1. The molecule has 2 bridgehead atoms. The zero-order chi connectivity index (χ0) is 20.4. The minimum atomic E-state index is -0.0325. The Morgan fingerprint density at radius 1 is 1.03 bits per heavy atom. The summed E-state index contributed by atoms with van der Waals surface area (Å²) >= 11 is 0. The van der Waals surface area contributed by atoms with Crippen LogP contribution in [0.15, 0.2) is 12.1 Å². The highest BCUT2D eigenvalue weighted by atomic mass is 16.5. The molecule has 2 saturated carbocycles. The van der Waals surface area contributed by atoms with E-state index in [1.54, 1.807) is 14.2 Å². The first-order chi connectivity index (χ1) is 14.1. The summed E-state index contributed by atoms with van der Waals surface area (Å²) in [6, 6.07) is 4.73. The number of amides is 1. The van der Waals surface area contributed by atoms with Crippen LogP contribution in [0.3, 0.4) is 0 Å². The number of hydrogen-bond acceptors (Lipinski definition) is 4. The average molecular weight is 401 g/mol. The number of benzene rings is 1. The number of fused-ring (bicyclic) bond motifs is 2. The zero-order valence-electron chi connectivity index (χ0n) is 18.2. The molecular weight excluding hydrogens is 364 g/mol. The first-order valence-electron chi connectivity index (χ1n) is 11.4. The highest BCUT2D eigenvalue weighted by molar-refractivity contribution is 5.97. The van der Waals surface area contributed by atoms with Crippen LogP contribution in [0.1, 0.15) is 67.8 Å². The standard InChI is InChI=1S/C24H36N2O3/c1-4-16-13-20(22(29-3)14-21(16)28-2)24(27)25-19-11-12-26(15-19)23-17-7-5-8-18(23)10-6-9-17/h13-14,17-19,23H,4-12,15H2,1-3H3,(H,25,27)/t17?,18?,19-,23?/m0/s1. The van der Waals surface area contributed by atoms with E-state index < -0.39 is 0 Å². The quantitative estimate of drug-likeness (QED) is 0.783. The number of hydrogen-bond donors (Lipinski definition) is 1. The topological polar surface area (TPSA) is 50.8 Å². The maximum absolute atomic E-state index is 13.1. The van der Waals surface area contributed by atoms with E-state index in [0.717, 1.165) is 55.1 Å². The van der Waals surface area contributed by atoms with Gasteiger partial charge in [0.2, 0.25) is 0 Å². The van der Waals surface area contributed by atoms with E-state index in [4.69, 9.17) is 9.47 Å². The normalized spacial score (nSPS) is 29.5. The molecule has 1 aliphatic heterocycles. The van der Waals surface area contributed by atoms with Crippen molar-refractivity contribution >= 4 is 5.91 Å². The lowest BCUT2D eigenvalue weighted by atomic mass is 9.68. The monoisotopic (exact) mass is 400 g/mol. The highest BCUT2D eigenvalue weighted by Gasteiger charge is 2.42. The van der Waals surface area contributed by atoms with Crippen molar-refractivity contribution in [1.82, 2.24) is 10.2 Å². The van der Waals surface area contributed by atoms with Gasteiger partial charge in [-0.05, 0) is 62.0 Å². The minimum absolute atomic E-state index is 0.0325. The van der Waals surface area contributed by atoms with Gasteiger partial charge in [-0.15, -0.1) is 0 Å². The molecule has 0 unspecified atom stereocenters. The van der Waals surface area contributed by atoms with Crippen molar-refractivity contribution in [3.8, 4) is 11.5 Å². The summed E-state index contributed by atoms with van der Waals surface area (Å²) in [6.07, 6.45) is 10.3. The molecule has 1 heterocycles. The first kappa shape index (κ1) is 20.5. The highest BCUT2D eigenvalue weighted by Crippen LogP contribution is 2.43. The summed E-state index contributed by atoms with van der Waals surface area (Å²) in [4.78, 5) is 15.8. The van der Waals surface area contributed by atoms with Gasteiger partial charge < -0.3 is 14.8 Å². The van der Waals surface area contributed by atoms with Crippen LogP contribution in [-0.4, -0.2) is 50.2 Å². The molecule has 1 aromatic rings. The predicted octanol–water partition coefficient (Wildman–Crippen LogP) is 4.04. The molecular formula is C24H36N2O3. The van der Waals surface area contributed by atoms with Crippen molar-refractivity contribution < 1.29 is 14.3 Å². The fraction of sp³-hybridized carbons (Fsp3) is 0.708. The van der Waals surface area contributed by atoms with Gasteiger partial charge in [0.15, 0.2) is 0 Å². The first-order valence-corrected chi connectivity index (χ1v) is 11.4. The lowest BCUT2D eigenvalue weighted by Gasteiger charge is -2.47. The Hall–Kier alpha value is -1.75. The molecule has 3 aliphatic rings. The lowest BCUT2D eigenvalue weighted by Crippen LogP contribution is -2.50. The third-order valence-corrected chi connectivity index (χ3v) is 7.47. The van der Waals surface area contributed by atoms with E-state index in [9.17, 15) is 4.79 Å². The van der Waals surface area contributed by atoms with E-state index >= 15 is 0 Å². The Kier molecular flexibility index (Phi) is 6.33. The van der Waals surface area contributed by atoms with Gasteiger partial charge in [-0.1, -0.05) is 19.8 Å². The van der Waals surface area contributed by atoms with Crippen LogP contribution in [0.4, 0.5) is 0 Å². The molecule has 0 aromatic heterocycles. The van der Waals surface area contributed by atoms with Gasteiger partial charge >= 0.3 is 0 Å². The summed E-state index contributed by atoms with van der Waals surface area (Å²) < 4.78 is 10.9. The molecule has 5 nitrogen and oxygen atoms in total. The van der Waals surface area contributed by atoms with Crippen molar-refractivity contribution in [3.05, 3.63) is 23.3 Å². The summed E-state index contributed by atoms with van der Waals surface area (Å²) in [5.41, 5.74) is 1.64. The van der Waals surface area contributed by atoms with Crippen LogP contribution in [-0.2, 0) is 6.42 Å². The van der Waals surface area contributed by atoms with Gasteiger partial charge in [-0.25, -0.2) is 0 Å². The third-order valence-electron chi connectivity index (χ3n) is 7.47. The molecule has 1 saturated heterocycles. The Labute approximate surface area is 175 Å². The SMILES string of the molecule is CCc1cc(C(=O)N[C@H]2CCN(C3C4CCCC3CCC4)C2)c(OC)cc1OC. The summed E-state index contributed by atoms with van der Waals surface area (Å²) in [6.45, 7) is 4.17. The number of nitrogens with one attached hydrogen (secondary N) is 1. The van der Waals surface area contributed by atoms with Gasteiger partial charge in [0, 0.05) is 31.2 Å². The molecule has 0 spiro atoms. The summed E-state index contributed by atoms with van der Waals surface area (Å²) in [5.74, 6) is 3.08. The van der Waals surface area contributed by atoms with Crippen LogP contribution in [0.5, 0.6) is 11.5 Å². The summed E-state index contributed by atoms with van der Waals surface area (Å²) in [5, 5.41) is 3.29. The van der Waals surface area contributed by atoms with Gasteiger partial charge in [0.25, 0.3) is 5.91 Å². The van der Waals surface area contributed by atoms with E-state index in [0.29, 0.717) is 11.3 Å². The molecule has 5 heteroatoms. The second-order valence-corrected chi connectivity index (χ2v) is 9.04. The third kappa shape index (κ3) is 4.11. The average Bonchev–Trinajstić information content (AvgIpc) is 3.20. The number of nitrogens with zero attached hydrogens (tertiary/aromatic N) is 1. The van der Waals surface area contributed by atoms with Crippen LogP contribution in [0.2, 0.25) is 0 Å². The maximum Gasteiger partial charge on any atom is 0.255 e. The van der Waals surface area contributed by atoms with Crippen LogP contribution in [0, 0.1) is 11.8 Å². The number of ether oxygens (including phenoxy) is 2. The van der Waals surface area contributed by atoms with Gasteiger partial charge in [0.1, 0.15) is 11.5 Å². The number of aryl methyl sites for hydroxylation is 1. The molecule has 3 fully saturated rings. The van der Waals surface area contributed by atoms with Crippen LogP contribution < -0.4 is 14.8 Å². The van der Waals surface area contributed by atoms with Crippen molar-refractivity contribution in [2.75, 3.05) is 27.3 Å². The largest absolute Gasteiger partial charge is 0.496 e. The van der Waals surface area contributed by atoms with E-state index in [1.807, 2.05) is 12.1 Å². The van der Waals surface area contributed by atoms with Crippen molar-refractivity contribution in [2.45, 2.75) is 70.4 Å². The second-order valence-electron chi connectivity index (χ2n) is 9.04. The van der Waals surface area contributed by atoms with Gasteiger partial charge in [0.05, 0.1) is 19.8 Å². The number of carbonyl (C=O) groups is 1. The molecule has 1 amide bonds. The Morgan fingerprint density at radius 3 is 2.28 bits per heavy atom. The van der Waals surface area contributed by atoms with Crippen molar-refractivity contribution in [1.29, 1.82) is 0 Å². The number of methoxy groups -OCH3 is 2. The Balaban J connectivity index is 1.43. The second kappa shape index (κ2) is 8.95. The number of rotatable bonds is 6. The summed E-state index contributed by atoms with van der Waals surface area (Å²) in [7, 11) is 3.26. The smallest absolute Gasteiger partial charge is 0.255 e. The fourth-order valence-corrected chi connectivity index (χ4v) is 6.10. The predicted molar refractivity (Wildman–Crippen MR) is 115 cm³/mol. The Morgan fingerprint density at radius 2 is 1.69 bits per heavy atom.